The molecule has 0 unspecified atom stereocenters. The summed E-state index contributed by atoms with van der Waals surface area (Å²) in [4.78, 5) is 32.0. The number of carbonyl (C=O) groups excluding carboxylic acids is 2. The second-order valence-corrected chi connectivity index (χ2v) is 11.2. The molecule has 3 aliphatic heterocycles. The zero-order chi connectivity index (χ0) is 23.9. The number of likely N-dealkylation sites (tertiary alicyclic amines) is 3. The van der Waals surface area contributed by atoms with E-state index in [0.717, 1.165) is 18.4 Å². The SMILES string of the molecule is CNS(=O)(=O)c1cccc([C@@H](C)N2C(=O)[C@H]3C[C@@H]2CN3C[C@H](C)C(=O)N2CCC[C@H]2C#N)c1. The van der Waals surface area contributed by atoms with Crippen molar-refractivity contribution in [1.82, 2.24) is 19.4 Å². The highest BCUT2D eigenvalue weighted by Crippen LogP contribution is 2.38. The molecule has 0 aliphatic carbocycles. The van der Waals surface area contributed by atoms with Crippen molar-refractivity contribution in [2.45, 2.75) is 62.2 Å². The normalized spacial score (nSPS) is 27.1. The minimum absolute atomic E-state index is 0.0120. The van der Waals surface area contributed by atoms with E-state index in [1.807, 2.05) is 24.8 Å². The highest BCUT2D eigenvalue weighted by Gasteiger charge is 2.51. The number of hydrogen-bond donors (Lipinski definition) is 1. The maximum atomic E-state index is 13.3. The third kappa shape index (κ3) is 4.25. The van der Waals surface area contributed by atoms with Crippen LogP contribution in [0.1, 0.15) is 44.7 Å². The van der Waals surface area contributed by atoms with Crippen molar-refractivity contribution in [3.8, 4) is 6.07 Å². The zero-order valence-corrected chi connectivity index (χ0v) is 20.1. The molecule has 2 bridgehead atoms. The number of nitrogens with one attached hydrogen (secondary N) is 1. The van der Waals surface area contributed by atoms with Gasteiger partial charge in [0.25, 0.3) is 0 Å². The van der Waals surface area contributed by atoms with Gasteiger partial charge in [-0.3, -0.25) is 14.5 Å². The summed E-state index contributed by atoms with van der Waals surface area (Å²) in [5, 5.41) is 9.28. The molecule has 3 saturated heterocycles. The van der Waals surface area contributed by atoms with Crippen LogP contribution in [0.5, 0.6) is 0 Å². The van der Waals surface area contributed by atoms with Gasteiger partial charge < -0.3 is 9.80 Å². The second-order valence-electron chi connectivity index (χ2n) is 9.28. The Balaban J connectivity index is 1.42. The lowest BCUT2D eigenvalue weighted by atomic mass is 10.0. The van der Waals surface area contributed by atoms with Gasteiger partial charge >= 0.3 is 0 Å². The van der Waals surface area contributed by atoms with Crippen LogP contribution in [0.3, 0.4) is 0 Å². The van der Waals surface area contributed by atoms with Crippen molar-refractivity contribution in [3.63, 3.8) is 0 Å². The first kappa shape index (κ1) is 23.7. The smallest absolute Gasteiger partial charge is 0.240 e. The molecule has 9 nitrogen and oxygen atoms in total. The van der Waals surface area contributed by atoms with E-state index in [0.29, 0.717) is 26.1 Å². The predicted octanol–water partition coefficient (Wildman–Crippen LogP) is 1.09. The Morgan fingerprint density at radius 2 is 2.09 bits per heavy atom. The number of sulfonamides is 1. The largest absolute Gasteiger partial charge is 0.330 e. The van der Waals surface area contributed by atoms with Gasteiger partial charge in [-0.15, -0.1) is 0 Å². The average molecular weight is 474 g/mol. The molecule has 178 valence electrons. The summed E-state index contributed by atoms with van der Waals surface area (Å²) in [5.41, 5.74) is 0.777. The molecule has 0 radical (unpaired) electrons. The fourth-order valence-corrected chi connectivity index (χ4v) is 6.28. The van der Waals surface area contributed by atoms with Crippen LogP contribution in [-0.4, -0.2) is 79.7 Å². The summed E-state index contributed by atoms with van der Waals surface area (Å²) in [5.74, 6) is -0.265. The third-order valence-electron chi connectivity index (χ3n) is 7.27. The summed E-state index contributed by atoms with van der Waals surface area (Å²) in [6.45, 7) is 5.61. The van der Waals surface area contributed by atoms with Crippen molar-refractivity contribution >= 4 is 21.8 Å². The number of fused-ring (bicyclic) bond motifs is 2. The summed E-state index contributed by atoms with van der Waals surface area (Å²) in [6, 6.07) is 8.10. The monoisotopic (exact) mass is 473 g/mol. The number of nitrogens with zero attached hydrogens (tertiary/aromatic N) is 4. The van der Waals surface area contributed by atoms with Gasteiger partial charge in [0.1, 0.15) is 6.04 Å². The highest BCUT2D eigenvalue weighted by molar-refractivity contribution is 7.89. The maximum absolute atomic E-state index is 13.3. The van der Waals surface area contributed by atoms with Crippen LogP contribution < -0.4 is 4.72 Å². The van der Waals surface area contributed by atoms with Crippen LogP contribution in [0.25, 0.3) is 0 Å². The van der Waals surface area contributed by atoms with E-state index in [9.17, 15) is 23.3 Å². The molecular weight excluding hydrogens is 442 g/mol. The minimum Gasteiger partial charge on any atom is -0.330 e. The van der Waals surface area contributed by atoms with Gasteiger partial charge in [0.15, 0.2) is 0 Å². The minimum atomic E-state index is -3.56. The Bertz CT molecular complexity index is 1080. The quantitative estimate of drug-likeness (QED) is 0.634. The zero-order valence-electron chi connectivity index (χ0n) is 19.3. The number of hydrogen-bond acceptors (Lipinski definition) is 6. The van der Waals surface area contributed by atoms with E-state index < -0.39 is 10.0 Å². The molecule has 0 spiro atoms. The van der Waals surface area contributed by atoms with E-state index in [1.54, 1.807) is 17.0 Å². The number of benzene rings is 1. The van der Waals surface area contributed by atoms with Gasteiger partial charge in [0, 0.05) is 31.6 Å². The van der Waals surface area contributed by atoms with Crippen LogP contribution in [0.4, 0.5) is 0 Å². The molecule has 1 N–H and O–H groups in total. The lowest BCUT2D eigenvalue weighted by Gasteiger charge is -2.38. The predicted molar refractivity (Wildman–Crippen MR) is 121 cm³/mol. The molecule has 3 heterocycles. The fraction of sp³-hybridized carbons (Fsp3) is 0.609. The number of rotatable bonds is 7. The van der Waals surface area contributed by atoms with Crippen LogP contribution >= 0.6 is 0 Å². The molecular formula is C23H31N5O4S. The first-order chi connectivity index (χ1) is 15.7. The fourth-order valence-electron chi connectivity index (χ4n) is 5.50. The van der Waals surface area contributed by atoms with Crippen LogP contribution in [0, 0.1) is 17.2 Å². The molecule has 1 aromatic rings. The summed E-state index contributed by atoms with van der Waals surface area (Å²) in [6.07, 6.45) is 2.29. The van der Waals surface area contributed by atoms with Crippen molar-refractivity contribution in [2.75, 3.05) is 26.7 Å². The van der Waals surface area contributed by atoms with Gasteiger partial charge in [-0.2, -0.15) is 5.26 Å². The lowest BCUT2D eigenvalue weighted by Crippen LogP contribution is -2.53. The molecule has 0 saturated carbocycles. The lowest BCUT2D eigenvalue weighted by molar-refractivity contribution is -0.142. The second kappa shape index (κ2) is 9.05. The Labute approximate surface area is 195 Å². The van der Waals surface area contributed by atoms with E-state index in [4.69, 9.17) is 0 Å². The third-order valence-corrected chi connectivity index (χ3v) is 8.68. The Hall–Kier alpha value is -2.48. The van der Waals surface area contributed by atoms with Crippen molar-refractivity contribution < 1.29 is 18.0 Å². The number of carbonyl (C=O) groups is 2. The van der Waals surface area contributed by atoms with Gasteiger partial charge in [-0.05, 0) is 50.9 Å². The molecule has 0 aromatic heterocycles. The van der Waals surface area contributed by atoms with Gasteiger partial charge in [0.2, 0.25) is 21.8 Å². The van der Waals surface area contributed by atoms with E-state index in [1.165, 1.54) is 13.1 Å². The average Bonchev–Trinajstić information content (AvgIpc) is 3.52. The highest BCUT2D eigenvalue weighted by atomic mass is 32.2. The number of amides is 2. The molecule has 4 rings (SSSR count). The van der Waals surface area contributed by atoms with Crippen LogP contribution in [0.2, 0.25) is 0 Å². The summed E-state index contributed by atoms with van der Waals surface area (Å²) < 4.78 is 26.7. The van der Waals surface area contributed by atoms with Crippen LogP contribution in [-0.2, 0) is 19.6 Å². The van der Waals surface area contributed by atoms with Crippen LogP contribution in [0.15, 0.2) is 29.2 Å². The Morgan fingerprint density at radius 1 is 1.33 bits per heavy atom. The van der Waals surface area contributed by atoms with Crippen molar-refractivity contribution in [1.29, 1.82) is 5.26 Å². The van der Waals surface area contributed by atoms with Crippen molar-refractivity contribution in [2.24, 2.45) is 5.92 Å². The first-order valence-corrected chi connectivity index (χ1v) is 13.0. The van der Waals surface area contributed by atoms with Gasteiger partial charge in [0.05, 0.1) is 23.0 Å². The Morgan fingerprint density at radius 3 is 2.76 bits per heavy atom. The molecule has 3 fully saturated rings. The maximum Gasteiger partial charge on any atom is 0.240 e. The van der Waals surface area contributed by atoms with Gasteiger partial charge in [-0.1, -0.05) is 19.1 Å². The summed E-state index contributed by atoms with van der Waals surface area (Å²) >= 11 is 0. The standard InChI is InChI=1S/C23H31N5O4S/c1-15(22(29)27-9-5-7-18(27)12-24)13-26-14-19-11-21(26)23(30)28(19)16(2)17-6-4-8-20(10-17)33(31,32)25-3/h4,6,8,10,15-16,18-19,21,25H,5,7,9,11,13-14H2,1-3H3/t15-,16+,18-,19+,21+/m0/s1. The van der Waals surface area contributed by atoms with Gasteiger partial charge in [-0.25, -0.2) is 13.1 Å². The molecule has 1 aromatic carbocycles. The molecule has 33 heavy (non-hydrogen) atoms. The van der Waals surface area contributed by atoms with Crippen molar-refractivity contribution in [3.05, 3.63) is 29.8 Å². The van der Waals surface area contributed by atoms with E-state index >= 15 is 0 Å². The topological polar surface area (TPSA) is 114 Å². The molecule has 3 aliphatic rings. The first-order valence-electron chi connectivity index (χ1n) is 11.5. The summed E-state index contributed by atoms with van der Waals surface area (Å²) in [7, 11) is -2.19. The number of nitriles is 1. The van der Waals surface area contributed by atoms with E-state index in [-0.39, 0.29) is 46.8 Å². The molecule has 2 amide bonds. The molecule has 5 atom stereocenters. The molecule has 10 heteroatoms. The van der Waals surface area contributed by atoms with E-state index in [2.05, 4.69) is 15.7 Å². The number of piperazine rings is 1. The Kier molecular flexibility index (Phi) is 6.49.